The van der Waals surface area contributed by atoms with Crippen molar-refractivity contribution in [2.45, 2.75) is 25.8 Å². The van der Waals surface area contributed by atoms with E-state index in [1.54, 1.807) is 0 Å². The molecule has 1 N–H and O–H groups in total. The van der Waals surface area contributed by atoms with Gasteiger partial charge in [0.2, 0.25) is 0 Å². The Hall–Kier alpha value is -0.570. The SMILES string of the molecule is CCCN(C)C1CC1C(=O)O. The fourth-order valence-electron chi connectivity index (χ4n) is 1.45. The lowest BCUT2D eigenvalue weighted by atomic mass is 10.3. The summed E-state index contributed by atoms with van der Waals surface area (Å²) in [6.07, 6.45) is 1.94. The second-order valence-electron chi connectivity index (χ2n) is 3.23. The quantitative estimate of drug-likeness (QED) is 0.656. The Labute approximate surface area is 67.0 Å². The van der Waals surface area contributed by atoms with Crippen molar-refractivity contribution in [3.05, 3.63) is 0 Å². The van der Waals surface area contributed by atoms with Gasteiger partial charge in [0.05, 0.1) is 5.92 Å². The molecule has 3 nitrogen and oxygen atoms in total. The highest BCUT2D eigenvalue weighted by atomic mass is 16.4. The minimum Gasteiger partial charge on any atom is -0.481 e. The normalized spacial score (nSPS) is 29.0. The number of nitrogens with zero attached hydrogens (tertiary/aromatic N) is 1. The van der Waals surface area contributed by atoms with Crippen LogP contribution >= 0.6 is 0 Å². The third-order valence-electron chi connectivity index (χ3n) is 2.22. The number of carboxylic acid groups (broad SMARTS) is 1. The zero-order chi connectivity index (χ0) is 8.43. The molecule has 0 aromatic carbocycles. The molecule has 0 amide bonds. The fourth-order valence-corrected chi connectivity index (χ4v) is 1.45. The largest absolute Gasteiger partial charge is 0.481 e. The summed E-state index contributed by atoms with van der Waals surface area (Å²) in [6, 6.07) is 0.312. The maximum Gasteiger partial charge on any atom is 0.308 e. The molecule has 1 saturated carbocycles. The van der Waals surface area contributed by atoms with Crippen molar-refractivity contribution in [1.29, 1.82) is 0 Å². The lowest BCUT2D eigenvalue weighted by Crippen LogP contribution is -2.24. The van der Waals surface area contributed by atoms with E-state index in [1.165, 1.54) is 0 Å². The van der Waals surface area contributed by atoms with E-state index < -0.39 is 5.97 Å². The fraction of sp³-hybridized carbons (Fsp3) is 0.875. The first kappa shape index (κ1) is 8.53. The summed E-state index contributed by atoms with van der Waals surface area (Å²) in [5.74, 6) is -0.732. The predicted molar refractivity (Wildman–Crippen MR) is 42.5 cm³/mol. The van der Waals surface area contributed by atoms with Crippen LogP contribution in [0.3, 0.4) is 0 Å². The molecule has 1 fully saturated rings. The lowest BCUT2D eigenvalue weighted by molar-refractivity contribution is -0.138. The van der Waals surface area contributed by atoms with Gasteiger partial charge in [0.15, 0.2) is 0 Å². The molecule has 0 spiro atoms. The maximum atomic E-state index is 10.5. The van der Waals surface area contributed by atoms with Crippen LogP contribution in [0, 0.1) is 5.92 Å². The van der Waals surface area contributed by atoms with Gasteiger partial charge in [-0.2, -0.15) is 0 Å². The van der Waals surface area contributed by atoms with Crippen LogP contribution in [0.4, 0.5) is 0 Å². The molecule has 0 aromatic rings. The van der Waals surface area contributed by atoms with E-state index in [1.807, 2.05) is 7.05 Å². The number of aliphatic carboxylic acids is 1. The maximum absolute atomic E-state index is 10.5. The lowest BCUT2D eigenvalue weighted by Gasteiger charge is -2.13. The minimum atomic E-state index is -0.641. The molecule has 2 unspecified atom stereocenters. The minimum absolute atomic E-state index is 0.0912. The van der Waals surface area contributed by atoms with Gasteiger partial charge in [-0.15, -0.1) is 0 Å². The van der Waals surface area contributed by atoms with Crippen LogP contribution in [0.2, 0.25) is 0 Å². The van der Waals surface area contributed by atoms with Crippen molar-refractivity contribution < 1.29 is 9.90 Å². The first-order chi connectivity index (χ1) is 5.16. The summed E-state index contributed by atoms with van der Waals surface area (Å²) >= 11 is 0. The van der Waals surface area contributed by atoms with E-state index in [-0.39, 0.29) is 5.92 Å². The van der Waals surface area contributed by atoms with Gasteiger partial charge < -0.3 is 10.0 Å². The van der Waals surface area contributed by atoms with Gasteiger partial charge in [-0.05, 0) is 26.4 Å². The number of hydrogen-bond acceptors (Lipinski definition) is 2. The summed E-state index contributed by atoms with van der Waals surface area (Å²) < 4.78 is 0. The predicted octanol–water partition coefficient (Wildman–Crippen LogP) is 0.801. The molecule has 0 radical (unpaired) electrons. The molecule has 1 aliphatic rings. The highest BCUT2D eigenvalue weighted by Gasteiger charge is 2.45. The van der Waals surface area contributed by atoms with Crippen LogP contribution < -0.4 is 0 Å². The molecular weight excluding hydrogens is 142 g/mol. The first-order valence-electron chi connectivity index (χ1n) is 4.09. The van der Waals surface area contributed by atoms with Crippen LogP contribution in [0.5, 0.6) is 0 Å². The summed E-state index contributed by atoms with van der Waals surface area (Å²) in [6.45, 7) is 3.11. The van der Waals surface area contributed by atoms with E-state index in [4.69, 9.17) is 5.11 Å². The Morgan fingerprint density at radius 2 is 2.36 bits per heavy atom. The zero-order valence-corrected chi connectivity index (χ0v) is 7.08. The zero-order valence-electron chi connectivity index (χ0n) is 7.08. The van der Waals surface area contributed by atoms with Gasteiger partial charge in [0.25, 0.3) is 0 Å². The monoisotopic (exact) mass is 157 g/mol. The average molecular weight is 157 g/mol. The second kappa shape index (κ2) is 3.22. The average Bonchev–Trinajstić information content (AvgIpc) is 2.65. The van der Waals surface area contributed by atoms with Gasteiger partial charge >= 0.3 is 5.97 Å². The molecule has 2 atom stereocenters. The molecular formula is C8H15NO2. The van der Waals surface area contributed by atoms with Crippen LogP contribution in [0.25, 0.3) is 0 Å². The Balaban J connectivity index is 2.25. The van der Waals surface area contributed by atoms with E-state index >= 15 is 0 Å². The van der Waals surface area contributed by atoms with Gasteiger partial charge in [0.1, 0.15) is 0 Å². The van der Waals surface area contributed by atoms with Crippen molar-refractivity contribution in [2.75, 3.05) is 13.6 Å². The third kappa shape index (κ3) is 1.93. The standard InChI is InChI=1S/C8H15NO2/c1-3-4-9(2)7-5-6(7)8(10)11/h6-7H,3-5H2,1-2H3,(H,10,11). The Morgan fingerprint density at radius 1 is 1.73 bits per heavy atom. The summed E-state index contributed by atoms with van der Waals surface area (Å²) in [7, 11) is 2.00. The highest BCUT2D eigenvalue weighted by Crippen LogP contribution is 2.34. The molecule has 1 aliphatic carbocycles. The highest BCUT2D eigenvalue weighted by molar-refractivity contribution is 5.74. The second-order valence-corrected chi connectivity index (χ2v) is 3.23. The Kier molecular flexibility index (Phi) is 2.49. The van der Waals surface area contributed by atoms with E-state index in [0.717, 1.165) is 19.4 Å². The van der Waals surface area contributed by atoms with Crippen molar-refractivity contribution in [2.24, 2.45) is 5.92 Å². The molecule has 0 heterocycles. The van der Waals surface area contributed by atoms with Crippen molar-refractivity contribution in [3.8, 4) is 0 Å². The molecule has 0 saturated heterocycles. The van der Waals surface area contributed by atoms with Crippen LogP contribution in [-0.2, 0) is 4.79 Å². The summed E-state index contributed by atoms with van der Waals surface area (Å²) in [4.78, 5) is 12.6. The molecule has 3 heteroatoms. The Morgan fingerprint density at radius 3 is 2.73 bits per heavy atom. The number of hydrogen-bond donors (Lipinski definition) is 1. The molecule has 1 rings (SSSR count). The van der Waals surface area contributed by atoms with E-state index in [0.29, 0.717) is 6.04 Å². The van der Waals surface area contributed by atoms with Gasteiger partial charge in [0, 0.05) is 6.04 Å². The van der Waals surface area contributed by atoms with Crippen molar-refractivity contribution >= 4 is 5.97 Å². The van der Waals surface area contributed by atoms with Crippen molar-refractivity contribution in [3.63, 3.8) is 0 Å². The first-order valence-corrected chi connectivity index (χ1v) is 4.09. The topological polar surface area (TPSA) is 40.5 Å². The van der Waals surface area contributed by atoms with E-state index in [9.17, 15) is 4.79 Å². The van der Waals surface area contributed by atoms with Crippen LogP contribution in [0.1, 0.15) is 19.8 Å². The summed E-state index contributed by atoms with van der Waals surface area (Å²) in [5.41, 5.74) is 0. The smallest absolute Gasteiger partial charge is 0.308 e. The molecule has 0 bridgehead atoms. The van der Waals surface area contributed by atoms with Gasteiger partial charge in [-0.1, -0.05) is 6.92 Å². The third-order valence-corrected chi connectivity index (χ3v) is 2.22. The molecule has 0 aliphatic heterocycles. The molecule has 11 heavy (non-hydrogen) atoms. The number of rotatable bonds is 4. The number of carboxylic acids is 1. The Bertz CT molecular complexity index is 158. The van der Waals surface area contributed by atoms with Crippen LogP contribution in [-0.4, -0.2) is 35.6 Å². The van der Waals surface area contributed by atoms with Crippen molar-refractivity contribution in [1.82, 2.24) is 4.90 Å². The van der Waals surface area contributed by atoms with Gasteiger partial charge in [-0.25, -0.2) is 0 Å². The van der Waals surface area contributed by atoms with Crippen LogP contribution in [0.15, 0.2) is 0 Å². The molecule has 64 valence electrons. The molecule has 0 aromatic heterocycles. The number of carbonyl (C=O) groups is 1. The summed E-state index contributed by atoms with van der Waals surface area (Å²) in [5, 5.41) is 8.61. The van der Waals surface area contributed by atoms with Gasteiger partial charge in [-0.3, -0.25) is 4.79 Å². The van der Waals surface area contributed by atoms with E-state index in [2.05, 4.69) is 11.8 Å².